The Balaban J connectivity index is 2.59. The minimum absolute atomic E-state index is 0.648. The zero-order valence-corrected chi connectivity index (χ0v) is 11.2. The van der Waals surface area contributed by atoms with Crippen LogP contribution in [0.3, 0.4) is 0 Å². The molecular formula is C12H16N3OP. The first-order valence-electron chi connectivity index (χ1n) is 5.77. The Morgan fingerprint density at radius 2 is 1.88 bits per heavy atom. The van der Waals surface area contributed by atoms with Gasteiger partial charge in [0.25, 0.3) is 0 Å². The lowest BCUT2D eigenvalue weighted by Crippen LogP contribution is -2.13. The predicted octanol–water partition coefficient (Wildman–Crippen LogP) is 2.36. The summed E-state index contributed by atoms with van der Waals surface area (Å²) in [6.07, 6.45) is 4.75. The summed E-state index contributed by atoms with van der Waals surface area (Å²) in [4.78, 5) is 12.7. The van der Waals surface area contributed by atoms with Crippen LogP contribution in [0.4, 0.5) is 0 Å². The molecule has 0 saturated carbocycles. The van der Waals surface area contributed by atoms with Gasteiger partial charge in [-0.15, -0.1) is 0 Å². The van der Waals surface area contributed by atoms with Crippen LogP contribution < -0.4 is 5.44 Å². The normalized spacial score (nSPS) is 11.9. The fourth-order valence-corrected chi connectivity index (χ4v) is 3.52. The van der Waals surface area contributed by atoms with Crippen LogP contribution in [0.2, 0.25) is 0 Å². The van der Waals surface area contributed by atoms with Gasteiger partial charge >= 0.3 is 0 Å². The second-order valence-electron chi connectivity index (χ2n) is 4.04. The highest BCUT2D eigenvalue weighted by Gasteiger charge is 2.21. The molecule has 2 aromatic rings. The van der Waals surface area contributed by atoms with Crippen molar-refractivity contribution in [2.24, 2.45) is 0 Å². The summed E-state index contributed by atoms with van der Waals surface area (Å²) in [5, 5.41) is 0.905. The van der Waals surface area contributed by atoms with Crippen LogP contribution in [-0.2, 0) is 4.57 Å². The first-order valence-corrected chi connectivity index (χ1v) is 7.85. The van der Waals surface area contributed by atoms with E-state index in [0.29, 0.717) is 17.8 Å². The van der Waals surface area contributed by atoms with Gasteiger partial charge in [-0.25, -0.2) is 9.97 Å². The first-order chi connectivity index (χ1) is 8.09. The molecule has 2 rings (SSSR count). The summed E-state index contributed by atoms with van der Waals surface area (Å²) in [5.41, 5.74) is 1.50. The van der Waals surface area contributed by atoms with Gasteiger partial charge in [-0.05, 0) is 13.0 Å². The average molecular weight is 249 g/mol. The van der Waals surface area contributed by atoms with Crippen LogP contribution in [0, 0.1) is 6.92 Å². The molecule has 0 bridgehead atoms. The van der Waals surface area contributed by atoms with Gasteiger partial charge in [-0.1, -0.05) is 13.8 Å². The third-order valence-corrected chi connectivity index (χ3v) is 6.13. The van der Waals surface area contributed by atoms with Crippen molar-refractivity contribution in [1.29, 1.82) is 0 Å². The number of aromatic nitrogens is 3. The number of pyridine rings is 1. The van der Waals surface area contributed by atoms with Crippen LogP contribution in [0.25, 0.3) is 10.9 Å². The Hall–Kier alpha value is -1.28. The van der Waals surface area contributed by atoms with Gasteiger partial charge in [-0.3, -0.25) is 4.98 Å². The maximum Gasteiger partial charge on any atom is 0.132 e. The number of rotatable bonds is 3. The van der Waals surface area contributed by atoms with Gasteiger partial charge < -0.3 is 4.57 Å². The Morgan fingerprint density at radius 1 is 1.18 bits per heavy atom. The first kappa shape index (κ1) is 12.2. The van der Waals surface area contributed by atoms with Gasteiger partial charge in [0.15, 0.2) is 0 Å². The monoisotopic (exact) mass is 249 g/mol. The maximum absolute atomic E-state index is 12.6. The third kappa shape index (κ3) is 2.22. The molecule has 0 aromatic carbocycles. The zero-order chi connectivity index (χ0) is 12.5. The van der Waals surface area contributed by atoms with E-state index in [4.69, 9.17) is 0 Å². The van der Waals surface area contributed by atoms with Gasteiger partial charge in [-0.2, -0.15) is 0 Å². The lowest BCUT2D eigenvalue weighted by atomic mass is 10.3. The van der Waals surface area contributed by atoms with Crippen molar-refractivity contribution >= 4 is 23.5 Å². The fourth-order valence-electron chi connectivity index (χ4n) is 1.79. The van der Waals surface area contributed by atoms with Crippen molar-refractivity contribution in [2.45, 2.75) is 20.8 Å². The van der Waals surface area contributed by atoms with E-state index in [1.165, 1.54) is 0 Å². The van der Waals surface area contributed by atoms with Crippen molar-refractivity contribution in [3.63, 3.8) is 0 Å². The molecule has 17 heavy (non-hydrogen) atoms. The molecule has 90 valence electrons. The van der Waals surface area contributed by atoms with Crippen molar-refractivity contribution in [3.05, 3.63) is 24.3 Å². The fraction of sp³-hybridized carbons (Fsp3) is 0.417. The molecule has 0 atom stereocenters. The zero-order valence-electron chi connectivity index (χ0n) is 10.3. The van der Waals surface area contributed by atoms with Gasteiger partial charge in [0.1, 0.15) is 18.4 Å². The summed E-state index contributed by atoms with van der Waals surface area (Å²) < 4.78 is 12.6. The topological polar surface area (TPSA) is 55.7 Å². The average Bonchev–Trinajstić information content (AvgIpc) is 2.37. The molecule has 0 amide bonds. The Kier molecular flexibility index (Phi) is 3.25. The molecule has 0 aliphatic rings. The predicted molar refractivity (Wildman–Crippen MR) is 70.4 cm³/mol. The SMILES string of the molecule is CCP(=O)(CC)c1cc2cnc(C)nc2cn1. The van der Waals surface area contributed by atoms with E-state index in [9.17, 15) is 4.57 Å². The minimum atomic E-state index is -2.32. The summed E-state index contributed by atoms with van der Waals surface area (Å²) >= 11 is 0. The molecule has 2 heterocycles. The molecule has 0 spiro atoms. The molecule has 0 fully saturated rings. The Labute approximate surface area is 101 Å². The smallest absolute Gasteiger partial charge is 0.132 e. The quantitative estimate of drug-likeness (QED) is 0.783. The van der Waals surface area contributed by atoms with Crippen LogP contribution in [0.15, 0.2) is 18.5 Å². The Morgan fingerprint density at radius 3 is 2.53 bits per heavy atom. The van der Waals surface area contributed by atoms with E-state index >= 15 is 0 Å². The Bertz CT molecular complexity index is 589. The number of hydrogen-bond acceptors (Lipinski definition) is 4. The highest BCUT2D eigenvalue weighted by atomic mass is 31.2. The van der Waals surface area contributed by atoms with Gasteiger partial charge in [0.05, 0.1) is 11.7 Å². The molecule has 0 N–H and O–H groups in total. The van der Waals surface area contributed by atoms with Crippen LogP contribution in [-0.4, -0.2) is 27.3 Å². The molecule has 0 aliphatic heterocycles. The minimum Gasteiger partial charge on any atom is -0.317 e. The maximum atomic E-state index is 12.6. The number of hydrogen-bond donors (Lipinski definition) is 0. The molecule has 5 heteroatoms. The van der Waals surface area contributed by atoms with Crippen molar-refractivity contribution < 1.29 is 4.57 Å². The molecule has 0 unspecified atom stereocenters. The standard InChI is InChI=1S/C12H16N3OP/c1-4-17(16,5-2)12-6-10-7-13-9(3)15-11(10)8-14-12/h6-8H,4-5H2,1-3H3. The number of aryl methyl sites for hydroxylation is 1. The summed E-state index contributed by atoms with van der Waals surface area (Å²) in [7, 11) is -2.32. The van der Waals surface area contributed by atoms with E-state index in [-0.39, 0.29) is 0 Å². The second kappa shape index (κ2) is 4.53. The molecule has 2 aromatic heterocycles. The molecular weight excluding hydrogens is 233 g/mol. The molecule has 0 saturated heterocycles. The van der Waals surface area contributed by atoms with Crippen molar-refractivity contribution in [3.8, 4) is 0 Å². The van der Waals surface area contributed by atoms with E-state index < -0.39 is 7.14 Å². The molecule has 0 radical (unpaired) electrons. The van der Waals surface area contributed by atoms with Gasteiger partial charge in [0.2, 0.25) is 0 Å². The lowest BCUT2D eigenvalue weighted by molar-refractivity contribution is 0.582. The van der Waals surface area contributed by atoms with Crippen LogP contribution >= 0.6 is 7.14 Å². The van der Waals surface area contributed by atoms with Crippen molar-refractivity contribution in [2.75, 3.05) is 12.3 Å². The summed E-state index contributed by atoms with van der Waals surface area (Å²) in [5.74, 6) is 0.723. The highest BCUT2D eigenvalue weighted by Crippen LogP contribution is 2.42. The highest BCUT2D eigenvalue weighted by molar-refractivity contribution is 7.71. The van der Waals surface area contributed by atoms with Crippen LogP contribution in [0.5, 0.6) is 0 Å². The van der Waals surface area contributed by atoms with E-state index in [1.54, 1.807) is 12.4 Å². The summed E-state index contributed by atoms with van der Waals surface area (Å²) in [6, 6.07) is 1.86. The van der Waals surface area contributed by atoms with E-state index in [1.807, 2.05) is 26.8 Å². The molecule has 4 nitrogen and oxygen atoms in total. The largest absolute Gasteiger partial charge is 0.317 e. The van der Waals surface area contributed by atoms with Gasteiger partial charge in [0, 0.05) is 23.9 Å². The summed E-state index contributed by atoms with van der Waals surface area (Å²) in [6.45, 7) is 5.74. The second-order valence-corrected chi connectivity index (χ2v) is 7.54. The third-order valence-electron chi connectivity index (χ3n) is 3.01. The number of fused-ring (bicyclic) bond motifs is 1. The van der Waals surface area contributed by atoms with E-state index in [0.717, 1.165) is 16.7 Å². The lowest BCUT2D eigenvalue weighted by Gasteiger charge is -2.13. The van der Waals surface area contributed by atoms with Crippen LogP contribution in [0.1, 0.15) is 19.7 Å². The number of nitrogens with zero attached hydrogens (tertiary/aromatic N) is 3. The van der Waals surface area contributed by atoms with E-state index in [2.05, 4.69) is 15.0 Å². The molecule has 0 aliphatic carbocycles. The van der Waals surface area contributed by atoms with Crippen molar-refractivity contribution in [1.82, 2.24) is 15.0 Å².